The van der Waals surface area contributed by atoms with E-state index in [2.05, 4.69) is 4.98 Å². The lowest BCUT2D eigenvalue weighted by atomic mass is 10.1. The number of aromatic nitrogens is 2. The van der Waals surface area contributed by atoms with Crippen molar-refractivity contribution >= 4 is 41.8 Å². The molecule has 0 spiro atoms. The van der Waals surface area contributed by atoms with Gasteiger partial charge >= 0.3 is 13.8 Å². The molecule has 0 saturated heterocycles. The van der Waals surface area contributed by atoms with Crippen LogP contribution in [0.25, 0.3) is 10.9 Å². The molecule has 40 heavy (non-hydrogen) atoms. The quantitative estimate of drug-likeness (QED) is 0.0926. The van der Waals surface area contributed by atoms with Gasteiger partial charge in [-0.3, -0.25) is 18.4 Å². The fourth-order valence-corrected chi connectivity index (χ4v) is 5.77. The topological polar surface area (TPSA) is 106 Å². The van der Waals surface area contributed by atoms with Crippen LogP contribution in [0.1, 0.15) is 37.0 Å². The van der Waals surface area contributed by atoms with E-state index in [0.717, 1.165) is 22.5 Å². The van der Waals surface area contributed by atoms with Crippen molar-refractivity contribution in [1.29, 1.82) is 0 Å². The van der Waals surface area contributed by atoms with Gasteiger partial charge < -0.3 is 9.30 Å². The number of ketones is 1. The first-order chi connectivity index (χ1) is 19.5. The second-order valence-electron chi connectivity index (χ2n) is 8.61. The van der Waals surface area contributed by atoms with Crippen LogP contribution in [0, 0.1) is 0 Å². The van der Waals surface area contributed by atoms with Crippen LogP contribution >= 0.6 is 19.2 Å². The van der Waals surface area contributed by atoms with Crippen LogP contribution in [0.2, 0.25) is 0 Å². The molecule has 5 aromatic rings. The van der Waals surface area contributed by atoms with E-state index in [-0.39, 0.29) is 36.4 Å². The van der Waals surface area contributed by atoms with Crippen LogP contribution < -0.4 is 0 Å². The lowest BCUT2D eigenvalue weighted by molar-refractivity contribution is 0.0594. The molecule has 0 aliphatic heterocycles. The number of carbonyl (C=O) groups excluding carboxylic acids is 2. The van der Waals surface area contributed by atoms with Crippen molar-refractivity contribution in [2.24, 2.45) is 0 Å². The van der Waals surface area contributed by atoms with Crippen LogP contribution in [0.5, 0.6) is 0 Å². The van der Waals surface area contributed by atoms with E-state index in [9.17, 15) is 14.2 Å². The SMILES string of the molecule is COC(=O)c1csc(C(=O)c2cn(COP(=O)(OCc3ccccc3)OCc3ccccc3)c3ccccc23)n1. The summed E-state index contributed by atoms with van der Waals surface area (Å²) in [6, 6.07) is 25.8. The number of phosphoric ester groups is 1. The van der Waals surface area contributed by atoms with Crippen LogP contribution in [0.15, 0.2) is 96.5 Å². The zero-order chi connectivity index (χ0) is 28.0. The van der Waals surface area contributed by atoms with Crippen molar-refractivity contribution < 1.29 is 32.5 Å². The Balaban J connectivity index is 1.38. The summed E-state index contributed by atoms with van der Waals surface area (Å²) in [5.41, 5.74) is 2.71. The average Bonchev–Trinajstić information content (AvgIpc) is 3.64. The first kappa shape index (κ1) is 27.6. The number of ether oxygens (including phenoxy) is 1. The van der Waals surface area contributed by atoms with Gasteiger partial charge in [-0.1, -0.05) is 78.9 Å². The number of fused-ring (bicyclic) bond motifs is 1. The Morgan fingerprint density at radius 2 is 1.45 bits per heavy atom. The van der Waals surface area contributed by atoms with Gasteiger partial charge in [0.05, 0.1) is 31.4 Å². The molecule has 0 N–H and O–H groups in total. The maximum absolute atomic E-state index is 13.7. The monoisotopic (exact) mass is 576 g/mol. The van der Waals surface area contributed by atoms with Crippen LogP contribution in [-0.4, -0.2) is 28.4 Å². The van der Waals surface area contributed by atoms with Gasteiger partial charge in [-0.25, -0.2) is 14.3 Å². The Bertz CT molecular complexity index is 1620. The number of phosphoric acid groups is 1. The van der Waals surface area contributed by atoms with Gasteiger partial charge in [0.25, 0.3) is 0 Å². The smallest absolute Gasteiger partial charge is 0.464 e. The molecule has 0 bridgehead atoms. The van der Waals surface area contributed by atoms with Crippen molar-refractivity contribution in [3.05, 3.63) is 124 Å². The van der Waals surface area contributed by atoms with Gasteiger partial charge in [-0.2, -0.15) is 0 Å². The van der Waals surface area contributed by atoms with E-state index < -0.39 is 13.8 Å². The number of carbonyl (C=O) groups is 2. The van der Waals surface area contributed by atoms with E-state index in [1.807, 2.05) is 78.9 Å². The molecule has 0 amide bonds. The Labute approximate surface area is 234 Å². The van der Waals surface area contributed by atoms with Crippen molar-refractivity contribution in [2.45, 2.75) is 19.9 Å². The number of rotatable bonds is 12. The summed E-state index contributed by atoms with van der Waals surface area (Å²) >= 11 is 1.05. The number of nitrogens with zero attached hydrogens (tertiary/aromatic N) is 2. The molecule has 0 fully saturated rings. The molecule has 0 aliphatic carbocycles. The van der Waals surface area contributed by atoms with Gasteiger partial charge in [0.1, 0.15) is 6.73 Å². The molecule has 2 aromatic heterocycles. The number of para-hydroxylation sites is 1. The molecule has 5 rings (SSSR count). The maximum atomic E-state index is 13.7. The van der Waals surface area contributed by atoms with E-state index in [0.29, 0.717) is 16.5 Å². The van der Waals surface area contributed by atoms with Gasteiger partial charge in [0.15, 0.2) is 10.7 Å². The number of hydrogen-bond donors (Lipinski definition) is 0. The molecule has 11 heteroatoms. The second kappa shape index (κ2) is 12.5. The summed E-state index contributed by atoms with van der Waals surface area (Å²) in [6.45, 7) is -0.161. The summed E-state index contributed by atoms with van der Waals surface area (Å²) in [7, 11) is -2.79. The van der Waals surface area contributed by atoms with E-state index in [1.54, 1.807) is 16.8 Å². The molecular weight excluding hydrogens is 551 g/mol. The highest BCUT2D eigenvalue weighted by Crippen LogP contribution is 2.51. The number of benzene rings is 3. The van der Waals surface area contributed by atoms with Gasteiger partial charge in [-0.15, -0.1) is 11.3 Å². The highest BCUT2D eigenvalue weighted by Gasteiger charge is 2.28. The van der Waals surface area contributed by atoms with Crippen LogP contribution in [0.4, 0.5) is 0 Å². The lowest BCUT2D eigenvalue weighted by Gasteiger charge is -2.19. The molecule has 0 radical (unpaired) electrons. The summed E-state index contributed by atoms with van der Waals surface area (Å²) < 4.78 is 37.3. The molecular formula is C29H25N2O7PS. The fourth-order valence-electron chi connectivity index (χ4n) is 3.93. The Kier molecular flexibility index (Phi) is 8.64. The Morgan fingerprint density at radius 1 is 0.850 bits per heavy atom. The molecule has 3 aromatic carbocycles. The minimum Gasteiger partial charge on any atom is -0.464 e. The van der Waals surface area contributed by atoms with Gasteiger partial charge in [0, 0.05) is 17.0 Å². The molecule has 0 atom stereocenters. The third kappa shape index (κ3) is 6.44. The molecule has 0 saturated carbocycles. The van der Waals surface area contributed by atoms with E-state index in [1.165, 1.54) is 12.5 Å². The first-order valence-corrected chi connectivity index (χ1v) is 14.6. The zero-order valence-electron chi connectivity index (χ0n) is 21.5. The summed E-state index contributed by atoms with van der Waals surface area (Å²) in [6.07, 6.45) is 1.60. The third-order valence-electron chi connectivity index (χ3n) is 5.95. The van der Waals surface area contributed by atoms with Crippen molar-refractivity contribution in [1.82, 2.24) is 9.55 Å². The highest BCUT2D eigenvalue weighted by molar-refractivity contribution is 7.48. The minimum absolute atomic E-state index is 0.0235. The van der Waals surface area contributed by atoms with Gasteiger partial charge in [-0.05, 0) is 17.2 Å². The molecule has 9 nitrogen and oxygen atoms in total. The summed E-state index contributed by atoms with van der Waals surface area (Å²) in [5.74, 6) is -0.980. The standard InChI is InChI=1S/C29H25N2O7PS/c1-35-29(33)25-19-40-28(30-25)27(32)24-16-31(26-15-9-8-14-23(24)26)20-38-39(34,36-17-21-10-4-2-5-11-21)37-18-22-12-6-3-7-13-22/h2-16,19H,17-18,20H2,1H3. The lowest BCUT2D eigenvalue weighted by Crippen LogP contribution is -2.06. The highest BCUT2D eigenvalue weighted by atomic mass is 32.1. The fraction of sp³-hybridized carbons (Fsp3) is 0.138. The summed E-state index contributed by atoms with van der Waals surface area (Å²) in [5, 5.41) is 2.27. The second-order valence-corrected chi connectivity index (χ2v) is 11.1. The Hall–Kier alpha value is -3.92. The largest absolute Gasteiger partial charge is 0.477 e. The van der Waals surface area contributed by atoms with Crippen molar-refractivity contribution in [3.63, 3.8) is 0 Å². The van der Waals surface area contributed by atoms with Crippen LogP contribution in [0.3, 0.4) is 0 Å². The van der Waals surface area contributed by atoms with Crippen molar-refractivity contribution in [3.8, 4) is 0 Å². The average molecular weight is 577 g/mol. The third-order valence-corrected chi connectivity index (χ3v) is 8.11. The number of hydrogen-bond acceptors (Lipinski definition) is 9. The Morgan fingerprint density at radius 3 is 2.08 bits per heavy atom. The first-order valence-electron chi connectivity index (χ1n) is 12.2. The molecule has 204 valence electrons. The van der Waals surface area contributed by atoms with Crippen LogP contribution in [-0.2, 0) is 42.8 Å². The minimum atomic E-state index is -4.04. The van der Waals surface area contributed by atoms with Crippen molar-refractivity contribution in [2.75, 3.05) is 7.11 Å². The predicted molar refractivity (Wildman–Crippen MR) is 150 cm³/mol. The summed E-state index contributed by atoms with van der Waals surface area (Å²) in [4.78, 5) is 29.3. The normalized spacial score (nSPS) is 11.5. The van der Waals surface area contributed by atoms with Gasteiger partial charge in [0.2, 0.25) is 5.78 Å². The predicted octanol–water partition coefficient (Wildman–Crippen LogP) is 6.63. The van der Waals surface area contributed by atoms with E-state index >= 15 is 0 Å². The maximum Gasteiger partial charge on any atom is 0.477 e. The van der Waals surface area contributed by atoms with E-state index in [4.69, 9.17) is 18.3 Å². The zero-order valence-corrected chi connectivity index (χ0v) is 23.2. The number of thiazole rings is 1. The molecule has 2 heterocycles. The molecule has 0 unspecified atom stereocenters. The molecule has 0 aliphatic rings. The number of methoxy groups -OCH3 is 1. The number of esters is 1.